The van der Waals surface area contributed by atoms with Gasteiger partial charge in [0.05, 0.1) is 0 Å². The molecular formula is C13H13IO2. The van der Waals surface area contributed by atoms with Crippen molar-refractivity contribution in [3.8, 4) is 0 Å². The van der Waals surface area contributed by atoms with Crippen LogP contribution in [0, 0.1) is 10.5 Å². The third-order valence-electron chi connectivity index (χ3n) is 2.67. The van der Waals surface area contributed by atoms with Crippen LogP contribution in [-0.2, 0) is 0 Å². The Kier molecular flexibility index (Phi) is 3.06. The van der Waals surface area contributed by atoms with Crippen LogP contribution in [0.25, 0.3) is 11.0 Å². The van der Waals surface area contributed by atoms with Crippen LogP contribution in [0.4, 0.5) is 0 Å². The van der Waals surface area contributed by atoms with E-state index in [4.69, 9.17) is 4.42 Å². The van der Waals surface area contributed by atoms with Crippen LogP contribution in [0.3, 0.4) is 0 Å². The minimum Gasteiger partial charge on any atom is -0.422 e. The Balaban J connectivity index is 2.95. The maximum atomic E-state index is 11.4. The summed E-state index contributed by atoms with van der Waals surface area (Å²) < 4.78 is 6.50. The van der Waals surface area contributed by atoms with E-state index < -0.39 is 0 Å². The van der Waals surface area contributed by atoms with Crippen LogP contribution in [0.1, 0.15) is 30.9 Å². The van der Waals surface area contributed by atoms with Crippen LogP contribution in [0.5, 0.6) is 0 Å². The van der Waals surface area contributed by atoms with Crippen molar-refractivity contribution in [3.05, 3.63) is 43.3 Å². The molecule has 0 N–H and O–H groups in total. The molecule has 84 valence electrons. The average molecular weight is 328 g/mol. The van der Waals surface area contributed by atoms with Crippen LogP contribution in [-0.4, -0.2) is 0 Å². The van der Waals surface area contributed by atoms with Gasteiger partial charge < -0.3 is 4.42 Å². The number of fused-ring (bicyclic) bond motifs is 1. The van der Waals surface area contributed by atoms with Crippen molar-refractivity contribution in [2.45, 2.75) is 26.7 Å². The molecule has 0 atom stereocenters. The van der Waals surface area contributed by atoms with Crippen LogP contribution in [0.15, 0.2) is 27.4 Å². The Bertz CT molecular complexity index is 597. The van der Waals surface area contributed by atoms with E-state index in [1.165, 1.54) is 3.57 Å². The molecule has 0 aliphatic heterocycles. The lowest BCUT2D eigenvalue weighted by molar-refractivity contribution is 0.553. The van der Waals surface area contributed by atoms with Gasteiger partial charge in [-0.2, -0.15) is 0 Å². The molecule has 0 spiro atoms. The lowest BCUT2D eigenvalue weighted by Crippen LogP contribution is -2.01. The van der Waals surface area contributed by atoms with Gasteiger partial charge in [-0.05, 0) is 58.7 Å². The van der Waals surface area contributed by atoms with Gasteiger partial charge in [0.2, 0.25) is 0 Å². The molecule has 0 amide bonds. The summed E-state index contributed by atoms with van der Waals surface area (Å²) in [4.78, 5) is 11.4. The van der Waals surface area contributed by atoms with E-state index in [2.05, 4.69) is 48.6 Å². The number of hydrogen-bond donors (Lipinski definition) is 0. The SMILES string of the molecule is Cc1cc(=O)oc2c(C(C)C)cc(I)cc12. The number of hydrogen-bond acceptors (Lipinski definition) is 2. The predicted molar refractivity (Wildman–Crippen MR) is 74.0 cm³/mol. The van der Waals surface area contributed by atoms with Crippen molar-refractivity contribution in [2.24, 2.45) is 0 Å². The molecule has 0 aliphatic carbocycles. The van der Waals surface area contributed by atoms with Crippen molar-refractivity contribution in [1.82, 2.24) is 0 Å². The minimum atomic E-state index is -0.270. The number of aryl methyl sites for hydroxylation is 1. The standard InChI is InChI=1S/C13H13IO2/c1-7(2)10-5-9(14)6-11-8(3)4-12(15)16-13(10)11/h4-7H,1-3H3. The largest absolute Gasteiger partial charge is 0.422 e. The van der Waals surface area contributed by atoms with Gasteiger partial charge in [0.1, 0.15) is 5.58 Å². The van der Waals surface area contributed by atoms with E-state index in [1.54, 1.807) is 6.07 Å². The van der Waals surface area contributed by atoms with Crippen LogP contribution >= 0.6 is 22.6 Å². The number of benzene rings is 1. The van der Waals surface area contributed by atoms with Gasteiger partial charge in [-0.1, -0.05) is 13.8 Å². The van der Waals surface area contributed by atoms with Crippen molar-refractivity contribution in [2.75, 3.05) is 0 Å². The zero-order valence-corrected chi connectivity index (χ0v) is 11.7. The van der Waals surface area contributed by atoms with Crippen molar-refractivity contribution in [3.63, 3.8) is 0 Å². The van der Waals surface area contributed by atoms with Crippen molar-refractivity contribution < 1.29 is 4.42 Å². The third kappa shape index (κ3) is 2.00. The highest BCUT2D eigenvalue weighted by atomic mass is 127. The Morgan fingerprint density at radius 2 is 1.94 bits per heavy atom. The first-order valence-electron chi connectivity index (χ1n) is 5.23. The second kappa shape index (κ2) is 4.20. The second-order valence-corrected chi connectivity index (χ2v) is 5.52. The predicted octanol–water partition coefficient (Wildman–Crippen LogP) is 3.83. The first-order valence-corrected chi connectivity index (χ1v) is 6.31. The zero-order valence-electron chi connectivity index (χ0n) is 9.50. The van der Waals surface area contributed by atoms with E-state index in [1.807, 2.05) is 6.92 Å². The summed E-state index contributed by atoms with van der Waals surface area (Å²) in [5.74, 6) is 0.349. The molecule has 1 heterocycles. The molecule has 16 heavy (non-hydrogen) atoms. The Hall–Kier alpha value is -0.840. The highest BCUT2D eigenvalue weighted by Gasteiger charge is 2.11. The summed E-state index contributed by atoms with van der Waals surface area (Å²) in [6.07, 6.45) is 0. The van der Waals surface area contributed by atoms with E-state index in [9.17, 15) is 4.79 Å². The molecule has 0 saturated heterocycles. The van der Waals surface area contributed by atoms with Gasteiger partial charge in [-0.15, -0.1) is 0 Å². The molecule has 3 heteroatoms. The van der Waals surface area contributed by atoms with Gasteiger partial charge in [0.15, 0.2) is 0 Å². The summed E-state index contributed by atoms with van der Waals surface area (Å²) >= 11 is 2.29. The molecule has 2 nitrogen and oxygen atoms in total. The summed E-state index contributed by atoms with van der Waals surface area (Å²) in [5.41, 5.74) is 2.54. The van der Waals surface area contributed by atoms with Gasteiger partial charge in [-0.25, -0.2) is 4.79 Å². The smallest absolute Gasteiger partial charge is 0.336 e. The van der Waals surface area contributed by atoms with E-state index in [0.29, 0.717) is 5.92 Å². The molecule has 0 unspecified atom stereocenters. The fraction of sp³-hybridized carbons (Fsp3) is 0.308. The molecule has 0 fully saturated rings. The monoisotopic (exact) mass is 328 g/mol. The summed E-state index contributed by atoms with van der Waals surface area (Å²) in [6.45, 7) is 6.15. The average Bonchev–Trinajstić information content (AvgIpc) is 2.18. The van der Waals surface area contributed by atoms with Crippen LogP contribution < -0.4 is 5.63 Å². The minimum absolute atomic E-state index is 0.270. The first-order chi connectivity index (χ1) is 7.49. The van der Waals surface area contributed by atoms with Gasteiger partial charge in [0.25, 0.3) is 0 Å². The van der Waals surface area contributed by atoms with E-state index in [0.717, 1.165) is 22.1 Å². The summed E-state index contributed by atoms with van der Waals surface area (Å²) in [6, 6.07) is 5.68. The van der Waals surface area contributed by atoms with Gasteiger partial charge in [0, 0.05) is 15.0 Å². The second-order valence-electron chi connectivity index (χ2n) is 4.27. The molecule has 0 aliphatic rings. The number of rotatable bonds is 1. The Morgan fingerprint density at radius 3 is 2.56 bits per heavy atom. The summed E-state index contributed by atoms with van der Waals surface area (Å²) in [5, 5.41) is 1.04. The molecule has 1 aromatic carbocycles. The molecule has 1 aromatic heterocycles. The van der Waals surface area contributed by atoms with Crippen molar-refractivity contribution >= 4 is 33.6 Å². The molecule has 0 bridgehead atoms. The molecule has 2 aromatic rings. The fourth-order valence-corrected chi connectivity index (χ4v) is 2.48. The molecule has 2 rings (SSSR count). The quantitative estimate of drug-likeness (QED) is 0.588. The fourth-order valence-electron chi connectivity index (χ4n) is 1.83. The van der Waals surface area contributed by atoms with Crippen LogP contribution in [0.2, 0.25) is 0 Å². The first kappa shape index (κ1) is 11.6. The lowest BCUT2D eigenvalue weighted by Gasteiger charge is -2.10. The Morgan fingerprint density at radius 1 is 1.25 bits per heavy atom. The molecule has 0 radical (unpaired) electrons. The Labute approximate surface area is 108 Å². The molecular weight excluding hydrogens is 315 g/mol. The van der Waals surface area contributed by atoms with Gasteiger partial charge in [-0.3, -0.25) is 0 Å². The number of halogens is 1. The van der Waals surface area contributed by atoms with Gasteiger partial charge >= 0.3 is 5.63 Å². The normalized spacial score (nSPS) is 11.3. The maximum Gasteiger partial charge on any atom is 0.336 e. The summed E-state index contributed by atoms with van der Waals surface area (Å²) in [7, 11) is 0. The highest BCUT2D eigenvalue weighted by Crippen LogP contribution is 2.28. The lowest BCUT2D eigenvalue weighted by atomic mass is 9.99. The van der Waals surface area contributed by atoms with E-state index >= 15 is 0 Å². The maximum absolute atomic E-state index is 11.4. The topological polar surface area (TPSA) is 30.2 Å². The zero-order chi connectivity index (χ0) is 11.9. The highest BCUT2D eigenvalue weighted by molar-refractivity contribution is 14.1. The third-order valence-corrected chi connectivity index (χ3v) is 3.29. The van der Waals surface area contributed by atoms with E-state index in [-0.39, 0.29) is 5.63 Å². The molecule has 0 saturated carbocycles. The van der Waals surface area contributed by atoms with Crippen molar-refractivity contribution in [1.29, 1.82) is 0 Å².